The van der Waals surface area contributed by atoms with Crippen molar-refractivity contribution in [3.63, 3.8) is 0 Å². The van der Waals surface area contributed by atoms with Gasteiger partial charge in [0.25, 0.3) is 0 Å². The molecule has 3 aromatic rings. The minimum atomic E-state index is -1.16. The highest BCUT2D eigenvalue weighted by molar-refractivity contribution is 5.72. The first-order chi connectivity index (χ1) is 12.4. The Morgan fingerprint density at radius 1 is 0.692 bits per heavy atom. The molecule has 3 aromatic carbocycles. The summed E-state index contributed by atoms with van der Waals surface area (Å²) in [6.07, 6.45) is 0.783. The molecule has 1 atom stereocenters. The van der Waals surface area contributed by atoms with Crippen molar-refractivity contribution in [1.29, 1.82) is 0 Å². The summed E-state index contributed by atoms with van der Waals surface area (Å²) in [7, 11) is 0. The van der Waals surface area contributed by atoms with Gasteiger partial charge in [-0.2, -0.15) is 0 Å². The van der Waals surface area contributed by atoms with Gasteiger partial charge >= 0.3 is 0 Å². The van der Waals surface area contributed by atoms with Crippen LogP contribution in [0.15, 0.2) is 54.6 Å². The van der Waals surface area contributed by atoms with Gasteiger partial charge in [0.05, 0.1) is 5.56 Å². The van der Waals surface area contributed by atoms with E-state index in [0.717, 1.165) is 30.2 Å². The van der Waals surface area contributed by atoms with Gasteiger partial charge in [0.2, 0.25) is 0 Å². The van der Waals surface area contributed by atoms with Crippen LogP contribution in [0.25, 0.3) is 22.3 Å². The van der Waals surface area contributed by atoms with Crippen molar-refractivity contribution in [1.82, 2.24) is 0 Å². The molecule has 3 rings (SSSR count). The summed E-state index contributed by atoms with van der Waals surface area (Å²) in [6, 6.07) is 12.2. The molecule has 1 unspecified atom stereocenters. The maximum atomic E-state index is 14.5. The van der Waals surface area contributed by atoms with Crippen molar-refractivity contribution in [2.45, 2.75) is 19.4 Å². The Morgan fingerprint density at radius 2 is 1.23 bits per heavy atom. The Labute approximate surface area is 149 Å². The van der Waals surface area contributed by atoms with Gasteiger partial charge in [-0.25, -0.2) is 17.6 Å². The molecule has 0 fully saturated rings. The van der Waals surface area contributed by atoms with Gasteiger partial charge in [-0.1, -0.05) is 37.3 Å². The van der Waals surface area contributed by atoms with E-state index in [1.165, 1.54) is 12.1 Å². The second kappa shape index (κ2) is 7.30. The van der Waals surface area contributed by atoms with E-state index in [9.17, 15) is 17.6 Å². The Kier molecular flexibility index (Phi) is 5.09. The predicted octanol–water partition coefficient (Wildman–Crippen LogP) is 5.99. The van der Waals surface area contributed by atoms with Crippen LogP contribution in [0.5, 0.6) is 0 Å². The average molecular weight is 359 g/mol. The average Bonchev–Trinajstić information content (AvgIpc) is 2.63. The van der Waals surface area contributed by atoms with Crippen molar-refractivity contribution in [3.8, 4) is 22.3 Å². The lowest BCUT2D eigenvalue weighted by Gasteiger charge is -2.12. The number of benzene rings is 3. The summed E-state index contributed by atoms with van der Waals surface area (Å²) in [6.45, 7) is 1.97. The highest BCUT2D eigenvalue weighted by atomic mass is 19.2. The van der Waals surface area contributed by atoms with E-state index in [4.69, 9.17) is 5.73 Å². The molecule has 0 aromatic heterocycles. The zero-order chi connectivity index (χ0) is 18.8. The summed E-state index contributed by atoms with van der Waals surface area (Å²) in [5.41, 5.74) is 7.43. The van der Waals surface area contributed by atoms with E-state index < -0.39 is 28.8 Å². The molecule has 134 valence electrons. The van der Waals surface area contributed by atoms with Crippen LogP contribution < -0.4 is 5.73 Å². The molecule has 0 amide bonds. The standard InChI is InChI=1S/C21H17F4N/c1-2-20(26)13-5-3-12(4-6-13)15-10-18(24)21(19(25)11-15)14-7-8-16(22)17(23)9-14/h3-11,20H,2,26H2,1H3. The van der Waals surface area contributed by atoms with Crippen LogP contribution in [0.1, 0.15) is 24.9 Å². The summed E-state index contributed by atoms with van der Waals surface area (Å²) in [5, 5.41) is 0. The Hall–Kier alpha value is -2.66. The number of nitrogens with two attached hydrogens (primary N) is 1. The highest BCUT2D eigenvalue weighted by Gasteiger charge is 2.16. The number of hydrogen-bond donors (Lipinski definition) is 1. The normalized spacial score (nSPS) is 12.2. The molecule has 2 N–H and O–H groups in total. The molecule has 26 heavy (non-hydrogen) atoms. The van der Waals surface area contributed by atoms with Crippen molar-refractivity contribution in [2.24, 2.45) is 5.73 Å². The SMILES string of the molecule is CCC(N)c1ccc(-c2cc(F)c(-c3ccc(F)c(F)c3)c(F)c2)cc1. The van der Waals surface area contributed by atoms with E-state index in [1.807, 2.05) is 19.1 Å². The zero-order valence-electron chi connectivity index (χ0n) is 14.1. The molecular formula is C21H17F4N. The molecule has 0 spiro atoms. The fourth-order valence-electron chi connectivity index (χ4n) is 2.83. The van der Waals surface area contributed by atoms with Crippen LogP contribution in [-0.4, -0.2) is 0 Å². The van der Waals surface area contributed by atoms with E-state index in [-0.39, 0.29) is 11.6 Å². The Balaban J connectivity index is 2.00. The summed E-state index contributed by atoms with van der Waals surface area (Å²) < 4.78 is 55.4. The molecule has 0 bridgehead atoms. The first kappa shape index (κ1) is 18.1. The lowest BCUT2D eigenvalue weighted by molar-refractivity contribution is 0.508. The molecule has 1 nitrogen and oxygen atoms in total. The molecule has 0 aliphatic heterocycles. The molecule has 0 saturated heterocycles. The highest BCUT2D eigenvalue weighted by Crippen LogP contribution is 2.32. The van der Waals surface area contributed by atoms with Gasteiger partial charge in [-0.05, 0) is 52.9 Å². The van der Waals surface area contributed by atoms with E-state index >= 15 is 0 Å². The molecule has 0 saturated carbocycles. The first-order valence-electron chi connectivity index (χ1n) is 8.21. The van der Waals surface area contributed by atoms with Gasteiger partial charge in [-0.15, -0.1) is 0 Å². The van der Waals surface area contributed by atoms with Gasteiger partial charge in [0, 0.05) is 6.04 Å². The van der Waals surface area contributed by atoms with Gasteiger partial charge in [0.15, 0.2) is 11.6 Å². The molecule has 0 aliphatic rings. The van der Waals surface area contributed by atoms with Gasteiger partial charge in [-0.3, -0.25) is 0 Å². The van der Waals surface area contributed by atoms with Gasteiger partial charge < -0.3 is 5.73 Å². The third-order valence-electron chi connectivity index (χ3n) is 4.36. The smallest absolute Gasteiger partial charge is 0.159 e. The van der Waals surface area contributed by atoms with Crippen LogP contribution in [0.4, 0.5) is 17.6 Å². The minimum Gasteiger partial charge on any atom is -0.324 e. The fourth-order valence-corrected chi connectivity index (χ4v) is 2.83. The van der Waals surface area contributed by atoms with Crippen LogP contribution in [0.2, 0.25) is 0 Å². The predicted molar refractivity (Wildman–Crippen MR) is 94.4 cm³/mol. The van der Waals surface area contributed by atoms with Gasteiger partial charge in [0.1, 0.15) is 11.6 Å². The minimum absolute atomic E-state index is 0.0604. The molecule has 5 heteroatoms. The van der Waals surface area contributed by atoms with Crippen molar-refractivity contribution >= 4 is 0 Å². The summed E-state index contributed by atoms with van der Waals surface area (Å²) in [5.74, 6) is -3.93. The summed E-state index contributed by atoms with van der Waals surface area (Å²) in [4.78, 5) is 0. The molecule has 0 radical (unpaired) electrons. The second-order valence-electron chi connectivity index (χ2n) is 6.08. The lowest BCUT2D eigenvalue weighted by Crippen LogP contribution is -2.08. The van der Waals surface area contributed by atoms with Crippen LogP contribution in [0, 0.1) is 23.3 Å². The number of hydrogen-bond acceptors (Lipinski definition) is 1. The van der Waals surface area contributed by atoms with Crippen LogP contribution >= 0.6 is 0 Å². The van der Waals surface area contributed by atoms with Crippen LogP contribution in [0.3, 0.4) is 0 Å². The first-order valence-corrected chi connectivity index (χ1v) is 8.21. The maximum Gasteiger partial charge on any atom is 0.159 e. The van der Waals surface area contributed by atoms with Crippen molar-refractivity contribution in [3.05, 3.63) is 83.4 Å². The largest absolute Gasteiger partial charge is 0.324 e. The molecule has 0 heterocycles. The quantitative estimate of drug-likeness (QED) is 0.569. The monoisotopic (exact) mass is 359 g/mol. The Morgan fingerprint density at radius 3 is 1.77 bits per heavy atom. The Bertz CT molecular complexity index is 912. The van der Waals surface area contributed by atoms with Crippen molar-refractivity contribution in [2.75, 3.05) is 0 Å². The van der Waals surface area contributed by atoms with E-state index in [1.54, 1.807) is 12.1 Å². The summed E-state index contributed by atoms with van der Waals surface area (Å²) >= 11 is 0. The zero-order valence-corrected chi connectivity index (χ0v) is 14.1. The fraction of sp³-hybridized carbons (Fsp3) is 0.143. The van der Waals surface area contributed by atoms with E-state index in [2.05, 4.69) is 0 Å². The third-order valence-corrected chi connectivity index (χ3v) is 4.36. The number of halogens is 4. The van der Waals surface area contributed by atoms with Crippen LogP contribution in [-0.2, 0) is 0 Å². The maximum absolute atomic E-state index is 14.5. The molecule has 0 aliphatic carbocycles. The van der Waals surface area contributed by atoms with Crippen molar-refractivity contribution < 1.29 is 17.6 Å². The molecular weight excluding hydrogens is 342 g/mol. The number of rotatable bonds is 4. The lowest BCUT2D eigenvalue weighted by atomic mass is 9.97. The van der Waals surface area contributed by atoms with E-state index in [0.29, 0.717) is 11.1 Å². The second-order valence-corrected chi connectivity index (χ2v) is 6.08. The topological polar surface area (TPSA) is 26.0 Å². The third kappa shape index (κ3) is 3.48.